The summed E-state index contributed by atoms with van der Waals surface area (Å²) in [6, 6.07) is 3.76. The van der Waals surface area contributed by atoms with Crippen molar-refractivity contribution in [2.24, 2.45) is 5.73 Å². The highest BCUT2D eigenvalue weighted by Crippen LogP contribution is 2.35. The molecule has 2 rings (SSSR count). The summed E-state index contributed by atoms with van der Waals surface area (Å²) in [5.74, 6) is -0.659. The lowest BCUT2D eigenvalue weighted by Gasteiger charge is -2.32. The van der Waals surface area contributed by atoms with E-state index in [1.807, 2.05) is 5.32 Å². The van der Waals surface area contributed by atoms with Crippen molar-refractivity contribution in [3.63, 3.8) is 0 Å². The third-order valence-electron chi connectivity index (χ3n) is 2.76. The quantitative estimate of drug-likeness (QED) is 0.633. The minimum Gasteiger partial charge on any atom is -0.479 e. The van der Waals surface area contributed by atoms with E-state index in [0.717, 1.165) is 0 Å². The van der Waals surface area contributed by atoms with E-state index >= 15 is 0 Å². The SMILES string of the molecule is CC1Oc2cc(N)ccc2N(CC(=O)NC(N)=O)C1=O. The number of ether oxygens (including phenoxy) is 1. The molecule has 0 spiro atoms. The third-order valence-corrected chi connectivity index (χ3v) is 2.76. The van der Waals surface area contributed by atoms with E-state index in [2.05, 4.69) is 0 Å². The molecule has 0 radical (unpaired) electrons. The zero-order valence-corrected chi connectivity index (χ0v) is 10.8. The molecule has 0 aliphatic carbocycles. The predicted molar refractivity (Wildman–Crippen MR) is 71.0 cm³/mol. The van der Waals surface area contributed by atoms with E-state index in [1.165, 1.54) is 4.90 Å². The highest BCUT2D eigenvalue weighted by atomic mass is 16.5. The standard InChI is InChI=1S/C12H14N4O4/c1-6-11(18)16(5-10(17)15-12(14)19)8-3-2-7(13)4-9(8)20-6/h2-4,6H,5,13H2,1H3,(H3,14,15,17,19). The number of nitrogens with zero attached hydrogens (tertiary/aromatic N) is 1. The van der Waals surface area contributed by atoms with Crippen LogP contribution in [0.1, 0.15) is 6.92 Å². The first-order valence-electron chi connectivity index (χ1n) is 5.85. The fourth-order valence-electron chi connectivity index (χ4n) is 1.91. The number of primary amides is 1. The van der Waals surface area contributed by atoms with Crippen LogP contribution in [0.3, 0.4) is 0 Å². The lowest BCUT2D eigenvalue weighted by Crippen LogP contribution is -2.50. The van der Waals surface area contributed by atoms with Crippen molar-refractivity contribution in [2.75, 3.05) is 17.2 Å². The van der Waals surface area contributed by atoms with Gasteiger partial charge in [-0.1, -0.05) is 0 Å². The lowest BCUT2D eigenvalue weighted by molar-refractivity contribution is -0.128. The molecule has 106 valence electrons. The number of carbonyl (C=O) groups is 3. The Bertz CT molecular complexity index is 587. The molecule has 1 aromatic carbocycles. The lowest BCUT2D eigenvalue weighted by atomic mass is 10.1. The second-order valence-electron chi connectivity index (χ2n) is 4.32. The molecule has 1 aliphatic rings. The highest BCUT2D eigenvalue weighted by molar-refractivity contribution is 6.06. The molecule has 5 N–H and O–H groups in total. The van der Waals surface area contributed by atoms with Crippen LogP contribution in [0.5, 0.6) is 5.75 Å². The van der Waals surface area contributed by atoms with Crippen molar-refractivity contribution in [1.29, 1.82) is 0 Å². The average molecular weight is 278 g/mol. The van der Waals surface area contributed by atoms with Crippen LogP contribution in [-0.2, 0) is 9.59 Å². The zero-order chi connectivity index (χ0) is 14.9. The van der Waals surface area contributed by atoms with Crippen LogP contribution < -0.4 is 26.4 Å². The maximum atomic E-state index is 12.1. The summed E-state index contributed by atoms with van der Waals surface area (Å²) < 4.78 is 5.42. The molecule has 20 heavy (non-hydrogen) atoms. The Morgan fingerprint density at radius 2 is 2.15 bits per heavy atom. The van der Waals surface area contributed by atoms with Gasteiger partial charge in [0.15, 0.2) is 6.10 Å². The maximum absolute atomic E-state index is 12.1. The van der Waals surface area contributed by atoms with E-state index in [1.54, 1.807) is 25.1 Å². The Morgan fingerprint density at radius 3 is 2.80 bits per heavy atom. The summed E-state index contributed by atoms with van der Waals surface area (Å²) in [7, 11) is 0. The van der Waals surface area contributed by atoms with Gasteiger partial charge < -0.3 is 16.2 Å². The van der Waals surface area contributed by atoms with Crippen LogP contribution in [0.15, 0.2) is 18.2 Å². The smallest absolute Gasteiger partial charge is 0.318 e. The number of imide groups is 1. The van der Waals surface area contributed by atoms with Crippen LogP contribution in [-0.4, -0.2) is 30.5 Å². The van der Waals surface area contributed by atoms with Crippen LogP contribution >= 0.6 is 0 Å². The molecule has 8 heteroatoms. The Morgan fingerprint density at radius 1 is 1.45 bits per heavy atom. The van der Waals surface area contributed by atoms with Gasteiger partial charge in [0, 0.05) is 11.8 Å². The number of urea groups is 1. The van der Waals surface area contributed by atoms with Crippen LogP contribution in [0.25, 0.3) is 0 Å². The van der Waals surface area contributed by atoms with Crippen LogP contribution in [0, 0.1) is 0 Å². The Kier molecular flexibility index (Phi) is 3.47. The fraction of sp³-hybridized carbons (Fsp3) is 0.250. The molecule has 0 fully saturated rings. The summed E-state index contributed by atoms with van der Waals surface area (Å²) in [5.41, 5.74) is 11.4. The minimum absolute atomic E-state index is 0.327. The molecule has 0 saturated heterocycles. The molecular weight excluding hydrogens is 264 g/mol. The summed E-state index contributed by atoms with van der Waals surface area (Å²) in [5, 5.41) is 1.91. The number of nitrogen functional groups attached to an aromatic ring is 1. The maximum Gasteiger partial charge on any atom is 0.318 e. The zero-order valence-electron chi connectivity index (χ0n) is 10.8. The number of fused-ring (bicyclic) bond motifs is 1. The molecule has 1 aliphatic heterocycles. The third kappa shape index (κ3) is 2.63. The van der Waals surface area contributed by atoms with E-state index in [0.29, 0.717) is 17.1 Å². The average Bonchev–Trinajstić information content (AvgIpc) is 2.33. The molecule has 1 atom stereocenters. The van der Waals surface area contributed by atoms with Gasteiger partial charge in [0.05, 0.1) is 5.69 Å². The molecule has 1 unspecified atom stereocenters. The minimum atomic E-state index is -0.971. The Labute approximate surface area is 114 Å². The summed E-state index contributed by atoms with van der Waals surface area (Å²) in [6.07, 6.45) is -0.745. The van der Waals surface area contributed by atoms with E-state index in [-0.39, 0.29) is 12.5 Å². The van der Waals surface area contributed by atoms with Crippen molar-refractivity contribution >= 4 is 29.2 Å². The van der Waals surface area contributed by atoms with E-state index in [4.69, 9.17) is 16.2 Å². The predicted octanol–water partition coefficient (Wildman–Crippen LogP) is -0.422. The molecule has 8 nitrogen and oxygen atoms in total. The van der Waals surface area contributed by atoms with Crippen molar-refractivity contribution in [2.45, 2.75) is 13.0 Å². The second-order valence-corrected chi connectivity index (χ2v) is 4.32. The van der Waals surface area contributed by atoms with Gasteiger partial charge in [-0.05, 0) is 19.1 Å². The molecule has 4 amide bonds. The molecule has 1 heterocycles. The number of benzene rings is 1. The Hall–Kier alpha value is -2.77. The first kappa shape index (κ1) is 13.7. The molecule has 0 bridgehead atoms. The van der Waals surface area contributed by atoms with Gasteiger partial charge >= 0.3 is 6.03 Å². The number of nitrogens with two attached hydrogens (primary N) is 2. The molecule has 0 aromatic heterocycles. The first-order valence-corrected chi connectivity index (χ1v) is 5.85. The topological polar surface area (TPSA) is 128 Å². The van der Waals surface area contributed by atoms with E-state index < -0.39 is 18.0 Å². The number of anilines is 2. The number of carbonyl (C=O) groups excluding carboxylic acids is 3. The van der Waals surface area contributed by atoms with Crippen LogP contribution in [0.2, 0.25) is 0 Å². The van der Waals surface area contributed by atoms with Gasteiger partial charge in [0.2, 0.25) is 5.91 Å². The van der Waals surface area contributed by atoms with Gasteiger partial charge in [0.1, 0.15) is 12.3 Å². The molecular formula is C12H14N4O4. The van der Waals surface area contributed by atoms with Gasteiger partial charge in [-0.25, -0.2) is 4.79 Å². The van der Waals surface area contributed by atoms with Crippen molar-refractivity contribution in [3.8, 4) is 5.75 Å². The highest BCUT2D eigenvalue weighted by Gasteiger charge is 2.32. The van der Waals surface area contributed by atoms with Gasteiger partial charge in [-0.2, -0.15) is 0 Å². The van der Waals surface area contributed by atoms with Crippen molar-refractivity contribution in [1.82, 2.24) is 5.32 Å². The number of hydrogen-bond donors (Lipinski definition) is 3. The van der Waals surface area contributed by atoms with Crippen molar-refractivity contribution in [3.05, 3.63) is 18.2 Å². The van der Waals surface area contributed by atoms with Crippen molar-refractivity contribution < 1.29 is 19.1 Å². The van der Waals surface area contributed by atoms with Gasteiger partial charge in [-0.3, -0.25) is 19.8 Å². The molecule has 0 saturated carbocycles. The number of amides is 4. The number of nitrogens with one attached hydrogen (secondary N) is 1. The fourth-order valence-corrected chi connectivity index (χ4v) is 1.91. The largest absolute Gasteiger partial charge is 0.479 e. The number of hydrogen-bond acceptors (Lipinski definition) is 5. The second kappa shape index (κ2) is 5.08. The summed E-state index contributed by atoms with van der Waals surface area (Å²) in [6.45, 7) is 1.24. The van der Waals surface area contributed by atoms with Gasteiger partial charge in [-0.15, -0.1) is 0 Å². The Balaban J connectivity index is 2.29. The van der Waals surface area contributed by atoms with Crippen LogP contribution in [0.4, 0.5) is 16.2 Å². The first-order chi connectivity index (χ1) is 9.38. The molecule has 1 aromatic rings. The summed E-state index contributed by atoms with van der Waals surface area (Å²) >= 11 is 0. The number of rotatable bonds is 2. The van der Waals surface area contributed by atoms with Gasteiger partial charge in [0.25, 0.3) is 5.91 Å². The normalized spacial score (nSPS) is 17.1. The summed E-state index contributed by atoms with van der Waals surface area (Å²) in [4.78, 5) is 35.5. The van der Waals surface area contributed by atoms with E-state index in [9.17, 15) is 14.4 Å². The monoisotopic (exact) mass is 278 g/mol.